The number of nitrogens with zero attached hydrogens (tertiary/aromatic N) is 3. The van der Waals surface area contributed by atoms with Gasteiger partial charge in [-0.05, 0) is 78.7 Å². The fraction of sp³-hybridized carbons (Fsp3) is 0.200. The van der Waals surface area contributed by atoms with Crippen molar-refractivity contribution in [3.8, 4) is 0 Å². The fourth-order valence-electron chi connectivity index (χ4n) is 4.21. The molecule has 12 heteroatoms. The molecule has 1 aromatic heterocycles. The number of imide groups is 1. The van der Waals surface area contributed by atoms with E-state index in [9.17, 15) is 27.6 Å². The third kappa shape index (κ3) is 5.01. The number of aromatic nitrogens is 1. The van der Waals surface area contributed by atoms with E-state index in [1.807, 2.05) is 0 Å². The van der Waals surface area contributed by atoms with Crippen LogP contribution in [0.3, 0.4) is 0 Å². The number of alkyl halides is 3. The molecule has 2 aromatic carbocycles. The number of benzene rings is 2. The summed E-state index contributed by atoms with van der Waals surface area (Å²) in [4.78, 5) is 45.7. The number of rotatable bonds is 6. The summed E-state index contributed by atoms with van der Waals surface area (Å²) in [5.74, 6) is -0.602. The highest BCUT2D eigenvalue weighted by Gasteiger charge is 2.65. The zero-order valence-electron chi connectivity index (χ0n) is 19.0. The van der Waals surface area contributed by atoms with Gasteiger partial charge in [-0.15, -0.1) is 0 Å². The molecule has 0 unspecified atom stereocenters. The maximum absolute atomic E-state index is 13.3. The van der Waals surface area contributed by atoms with Crippen LogP contribution in [0.2, 0.25) is 5.02 Å². The number of halogens is 4. The summed E-state index contributed by atoms with van der Waals surface area (Å²) in [7, 11) is 0. The summed E-state index contributed by atoms with van der Waals surface area (Å²) in [6, 6.07) is 14.4. The Bertz CT molecular complexity index is 1400. The molecule has 1 aliphatic heterocycles. The van der Waals surface area contributed by atoms with Crippen molar-refractivity contribution in [3.63, 3.8) is 0 Å². The van der Waals surface area contributed by atoms with Gasteiger partial charge in [0.2, 0.25) is 0 Å². The molecule has 190 valence electrons. The summed E-state index contributed by atoms with van der Waals surface area (Å²) in [5, 5.41) is 2.97. The van der Waals surface area contributed by atoms with Gasteiger partial charge in [-0.1, -0.05) is 23.7 Å². The van der Waals surface area contributed by atoms with E-state index in [-0.39, 0.29) is 45.3 Å². The molecule has 5 rings (SSSR count). The second-order valence-corrected chi connectivity index (χ2v) is 10.1. The fourth-order valence-corrected chi connectivity index (χ4v) is 4.97. The van der Waals surface area contributed by atoms with Gasteiger partial charge in [0.1, 0.15) is 11.4 Å². The van der Waals surface area contributed by atoms with Gasteiger partial charge in [0, 0.05) is 17.6 Å². The van der Waals surface area contributed by atoms with E-state index in [0.29, 0.717) is 18.4 Å². The largest absolute Gasteiger partial charge is 0.446 e. The third-order valence-electron chi connectivity index (χ3n) is 6.12. The van der Waals surface area contributed by atoms with Crippen LogP contribution in [0.5, 0.6) is 0 Å². The van der Waals surface area contributed by atoms with Crippen LogP contribution in [0.4, 0.5) is 29.5 Å². The summed E-state index contributed by atoms with van der Waals surface area (Å²) in [6.45, 7) is 0.0839. The number of nitrogens with one attached hydrogen (secondary N) is 1. The van der Waals surface area contributed by atoms with Crippen molar-refractivity contribution in [1.29, 1.82) is 0 Å². The molecule has 7 nitrogen and oxygen atoms in total. The molecule has 3 aromatic rings. The first-order valence-electron chi connectivity index (χ1n) is 11.1. The molecule has 0 bridgehead atoms. The van der Waals surface area contributed by atoms with Gasteiger partial charge in [0.15, 0.2) is 0 Å². The number of carbonyl (C=O) groups is 3. The number of hydrogen-bond donors (Lipinski definition) is 1. The van der Waals surface area contributed by atoms with Gasteiger partial charge in [0.05, 0.1) is 16.3 Å². The molecule has 1 aliphatic carbocycles. The molecule has 1 N–H and O–H groups in total. The predicted octanol–water partition coefficient (Wildman–Crippen LogP) is 6.10. The van der Waals surface area contributed by atoms with Crippen LogP contribution < -0.4 is 10.2 Å². The van der Waals surface area contributed by atoms with Crippen molar-refractivity contribution in [2.75, 3.05) is 10.2 Å². The first-order chi connectivity index (χ1) is 17.6. The van der Waals surface area contributed by atoms with Gasteiger partial charge < -0.3 is 10.2 Å². The van der Waals surface area contributed by atoms with Gasteiger partial charge in [-0.3, -0.25) is 9.59 Å². The topological polar surface area (TPSA) is 82.6 Å². The maximum Gasteiger partial charge on any atom is 0.446 e. The Kier molecular flexibility index (Phi) is 6.36. The molecule has 1 saturated carbocycles. The minimum absolute atomic E-state index is 0.0449. The first-order valence-corrected chi connectivity index (χ1v) is 12.3. The van der Waals surface area contributed by atoms with Crippen molar-refractivity contribution in [3.05, 3.63) is 83.0 Å². The number of hydrogen-bond acceptors (Lipinski definition) is 5. The lowest BCUT2D eigenvalue weighted by Gasteiger charge is -2.21. The van der Waals surface area contributed by atoms with Crippen molar-refractivity contribution in [2.45, 2.75) is 35.3 Å². The molecule has 0 radical (unpaired) electrons. The Labute approximate surface area is 218 Å². The minimum atomic E-state index is -4.44. The molecule has 4 amide bonds. The van der Waals surface area contributed by atoms with Gasteiger partial charge in [-0.25, -0.2) is 14.7 Å². The zero-order chi connectivity index (χ0) is 26.4. The molecular formula is C25H18ClF3N4O3S. The van der Waals surface area contributed by atoms with Crippen molar-refractivity contribution < 1.29 is 27.6 Å². The van der Waals surface area contributed by atoms with Crippen LogP contribution in [0.15, 0.2) is 71.8 Å². The zero-order valence-corrected chi connectivity index (χ0v) is 20.5. The number of carbonyl (C=O) groups excluding carboxylic acids is 3. The summed E-state index contributed by atoms with van der Waals surface area (Å²) < 4.78 is 37.9. The maximum atomic E-state index is 13.3. The van der Waals surface area contributed by atoms with Crippen LogP contribution in [0, 0.1) is 0 Å². The van der Waals surface area contributed by atoms with Crippen LogP contribution in [0.1, 0.15) is 28.8 Å². The van der Waals surface area contributed by atoms with E-state index in [1.165, 1.54) is 35.4 Å². The lowest BCUT2D eigenvalue weighted by atomic mass is 10.2. The smallest absolute Gasteiger partial charge is 0.307 e. The van der Waals surface area contributed by atoms with Crippen LogP contribution in [-0.2, 0) is 11.3 Å². The molecule has 2 heterocycles. The molecule has 1 saturated heterocycles. The Morgan fingerprint density at radius 3 is 2.43 bits per heavy atom. The Balaban J connectivity index is 1.33. The Morgan fingerprint density at radius 1 is 1.08 bits per heavy atom. The lowest BCUT2D eigenvalue weighted by molar-refractivity contribution is -0.120. The summed E-state index contributed by atoms with van der Waals surface area (Å²) >= 11 is 5.82. The van der Waals surface area contributed by atoms with Gasteiger partial charge in [0.25, 0.3) is 11.8 Å². The molecule has 2 fully saturated rings. The van der Waals surface area contributed by atoms with Crippen LogP contribution in [0.25, 0.3) is 0 Å². The number of pyridine rings is 1. The van der Waals surface area contributed by atoms with Crippen LogP contribution in [-0.4, -0.2) is 38.8 Å². The lowest BCUT2D eigenvalue weighted by Crippen LogP contribution is -2.36. The first kappa shape index (κ1) is 25.1. The van der Waals surface area contributed by atoms with Crippen LogP contribution >= 0.6 is 23.4 Å². The van der Waals surface area contributed by atoms with Crippen molar-refractivity contribution >= 4 is 52.7 Å². The second-order valence-electron chi connectivity index (χ2n) is 8.57. The van der Waals surface area contributed by atoms with Gasteiger partial charge in [-0.2, -0.15) is 13.2 Å². The van der Waals surface area contributed by atoms with E-state index in [4.69, 9.17) is 11.6 Å². The normalized spacial score (nSPS) is 16.4. The molecule has 0 atom stereocenters. The highest BCUT2D eigenvalue weighted by molar-refractivity contribution is 8.00. The number of thioether (sulfide) groups is 1. The van der Waals surface area contributed by atoms with Gasteiger partial charge >= 0.3 is 11.5 Å². The number of anilines is 2. The minimum Gasteiger partial charge on any atom is -0.307 e. The quantitative estimate of drug-likeness (QED) is 0.298. The molecule has 2 aliphatic rings. The predicted molar refractivity (Wildman–Crippen MR) is 132 cm³/mol. The molecule has 1 spiro atoms. The highest BCUT2D eigenvalue weighted by Crippen LogP contribution is 2.50. The van der Waals surface area contributed by atoms with E-state index >= 15 is 0 Å². The van der Waals surface area contributed by atoms with E-state index in [2.05, 4.69) is 10.3 Å². The SMILES string of the molecule is O=C(Nc1cc(CN2C(=O)N(c3ccc(SC(F)(F)F)cc3)C(=O)C23CC3)ccn1)c1ccccc1Cl. The van der Waals surface area contributed by atoms with Crippen molar-refractivity contribution in [1.82, 2.24) is 9.88 Å². The Morgan fingerprint density at radius 2 is 1.78 bits per heavy atom. The van der Waals surface area contributed by atoms with E-state index < -0.39 is 28.9 Å². The average molecular weight is 547 g/mol. The van der Waals surface area contributed by atoms with E-state index in [1.54, 1.807) is 36.4 Å². The van der Waals surface area contributed by atoms with E-state index in [0.717, 1.165) is 4.90 Å². The second kappa shape index (κ2) is 9.38. The molecular weight excluding hydrogens is 529 g/mol. The third-order valence-corrected chi connectivity index (χ3v) is 7.19. The summed E-state index contributed by atoms with van der Waals surface area (Å²) in [6.07, 6.45) is 2.45. The highest BCUT2D eigenvalue weighted by atomic mass is 35.5. The Hall–Kier alpha value is -3.57. The summed E-state index contributed by atoms with van der Waals surface area (Å²) in [5.41, 5.74) is -4.30. The standard InChI is InChI=1S/C25H18ClF3N4O3S/c26-19-4-2-1-3-18(19)21(34)31-20-13-15(9-12-30-20)14-32-23(36)33(22(35)24(32)10-11-24)16-5-7-17(8-6-16)37-25(27,28)29/h1-9,12-13H,10-11,14H2,(H,30,31,34). The monoisotopic (exact) mass is 546 g/mol. The van der Waals surface area contributed by atoms with Crippen molar-refractivity contribution in [2.24, 2.45) is 0 Å². The number of amides is 4. The average Bonchev–Trinajstić information content (AvgIpc) is 3.62. The number of urea groups is 1. The molecule has 37 heavy (non-hydrogen) atoms.